The van der Waals surface area contributed by atoms with E-state index in [2.05, 4.69) is 10.6 Å². The first-order chi connectivity index (χ1) is 12.7. The number of methoxy groups -OCH3 is 2. The maximum absolute atomic E-state index is 12.8. The van der Waals surface area contributed by atoms with Crippen LogP contribution in [-0.2, 0) is 9.59 Å². The fourth-order valence-corrected chi connectivity index (χ4v) is 2.43. The third-order valence-electron chi connectivity index (χ3n) is 4.22. The zero-order valence-corrected chi connectivity index (χ0v) is 16.7. The lowest BCUT2D eigenvalue weighted by Gasteiger charge is -2.23. The van der Waals surface area contributed by atoms with Crippen molar-refractivity contribution in [2.24, 2.45) is 5.41 Å². The molecule has 27 heavy (non-hydrogen) atoms. The highest BCUT2D eigenvalue weighted by Crippen LogP contribution is 2.31. The molecule has 6 nitrogen and oxygen atoms in total. The van der Waals surface area contributed by atoms with E-state index in [0.29, 0.717) is 27.9 Å². The van der Waals surface area contributed by atoms with Crippen LogP contribution in [0.1, 0.15) is 19.4 Å². The van der Waals surface area contributed by atoms with Gasteiger partial charge in [0.05, 0.1) is 19.9 Å². The molecule has 0 unspecified atom stereocenters. The summed E-state index contributed by atoms with van der Waals surface area (Å²) >= 11 is 6.09. The fraction of sp³-hybridized carbons (Fsp3) is 0.300. The van der Waals surface area contributed by atoms with Crippen LogP contribution in [0.3, 0.4) is 0 Å². The highest BCUT2D eigenvalue weighted by molar-refractivity contribution is 6.31. The Morgan fingerprint density at radius 1 is 0.963 bits per heavy atom. The SMILES string of the molecule is COc1ccc(OC)c(NC(=O)C(C)(C)C(=O)Nc2ccc(C)c(Cl)c2)c1. The minimum absolute atomic E-state index is 0.418. The molecule has 0 spiro atoms. The van der Waals surface area contributed by atoms with Gasteiger partial charge in [-0.1, -0.05) is 17.7 Å². The van der Waals surface area contributed by atoms with Gasteiger partial charge in [-0.25, -0.2) is 0 Å². The number of halogens is 1. The molecule has 0 aromatic heterocycles. The lowest BCUT2D eigenvalue weighted by molar-refractivity contribution is -0.135. The van der Waals surface area contributed by atoms with Gasteiger partial charge in [-0.05, 0) is 50.6 Å². The van der Waals surface area contributed by atoms with E-state index in [1.54, 1.807) is 50.2 Å². The third-order valence-corrected chi connectivity index (χ3v) is 4.63. The molecule has 2 aromatic carbocycles. The summed E-state index contributed by atoms with van der Waals surface area (Å²) in [6.45, 7) is 4.95. The van der Waals surface area contributed by atoms with Gasteiger partial charge in [-0.2, -0.15) is 0 Å². The van der Waals surface area contributed by atoms with Crippen molar-refractivity contribution in [2.75, 3.05) is 24.9 Å². The molecule has 0 heterocycles. The van der Waals surface area contributed by atoms with Crippen molar-refractivity contribution in [3.8, 4) is 11.5 Å². The number of hydrogen-bond acceptors (Lipinski definition) is 4. The van der Waals surface area contributed by atoms with Gasteiger partial charge < -0.3 is 20.1 Å². The van der Waals surface area contributed by atoms with Gasteiger partial charge in [0.25, 0.3) is 0 Å². The first-order valence-electron chi connectivity index (χ1n) is 8.30. The van der Waals surface area contributed by atoms with Crippen molar-refractivity contribution in [1.29, 1.82) is 0 Å². The molecule has 0 aliphatic heterocycles. The van der Waals surface area contributed by atoms with Crippen LogP contribution in [0.2, 0.25) is 5.02 Å². The molecule has 2 rings (SSSR count). The molecule has 7 heteroatoms. The lowest BCUT2D eigenvalue weighted by atomic mass is 9.90. The summed E-state index contributed by atoms with van der Waals surface area (Å²) in [6.07, 6.45) is 0. The van der Waals surface area contributed by atoms with Crippen LogP contribution in [0.4, 0.5) is 11.4 Å². The highest BCUT2D eigenvalue weighted by Gasteiger charge is 2.36. The quantitative estimate of drug-likeness (QED) is 0.722. The number of benzene rings is 2. The number of anilines is 2. The average Bonchev–Trinajstić information content (AvgIpc) is 2.64. The largest absolute Gasteiger partial charge is 0.497 e. The smallest absolute Gasteiger partial charge is 0.239 e. The molecule has 0 aliphatic carbocycles. The summed E-state index contributed by atoms with van der Waals surface area (Å²) in [4.78, 5) is 25.4. The van der Waals surface area contributed by atoms with Gasteiger partial charge in [0.2, 0.25) is 11.8 Å². The van der Waals surface area contributed by atoms with E-state index in [0.717, 1.165) is 5.56 Å². The first kappa shape index (κ1) is 20.6. The van der Waals surface area contributed by atoms with E-state index in [-0.39, 0.29) is 0 Å². The van der Waals surface area contributed by atoms with Crippen molar-refractivity contribution < 1.29 is 19.1 Å². The minimum Gasteiger partial charge on any atom is -0.497 e. The molecule has 2 N–H and O–H groups in total. The Balaban J connectivity index is 2.18. The molecular weight excluding hydrogens is 368 g/mol. The predicted molar refractivity (Wildman–Crippen MR) is 107 cm³/mol. The monoisotopic (exact) mass is 390 g/mol. The number of aryl methyl sites for hydroxylation is 1. The predicted octanol–water partition coefficient (Wildman–Crippen LogP) is 4.27. The van der Waals surface area contributed by atoms with Crippen molar-refractivity contribution in [3.63, 3.8) is 0 Å². The summed E-state index contributed by atoms with van der Waals surface area (Å²) in [5.41, 5.74) is 0.499. The molecular formula is C20H23ClN2O4. The second-order valence-corrected chi connectivity index (χ2v) is 6.97. The van der Waals surface area contributed by atoms with Gasteiger partial charge in [0, 0.05) is 16.8 Å². The first-order valence-corrected chi connectivity index (χ1v) is 8.68. The number of nitrogens with one attached hydrogen (secondary N) is 2. The number of carbonyl (C=O) groups is 2. The summed E-state index contributed by atoms with van der Waals surface area (Å²) in [7, 11) is 3.02. The Bertz CT molecular complexity index is 865. The maximum atomic E-state index is 12.8. The standard InChI is InChI=1S/C20H23ClN2O4/c1-12-6-7-13(10-15(12)21)22-18(24)20(2,3)19(25)23-16-11-14(26-4)8-9-17(16)27-5/h6-11H,1-5H3,(H,22,24)(H,23,25). The van der Waals surface area contributed by atoms with E-state index in [9.17, 15) is 9.59 Å². The molecule has 0 aliphatic rings. The second kappa shape index (κ2) is 8.31. The van der Waals surface area contributed by atoms with E-state index < -0.39 is 17.2 Å². The van der Waals surface area contributed by atoms with Gasteiger partial charge in [0.15, 0.2) is 0 Å². The molecule has 0 atom stereocenters. The highest BCUT2D eigenvalue weighted by atomic mass is 35.5. The Morgan fingerprint density at radius 2 is 1.63 bits per heavy atom. The summed E-state index contributed by atoms with van der Waals surface area (Å²) < 4.78 is 10.4. The molecule has 2 amide bonds. The van der Waals surface area contributed by atoms with Crippen LogP contribution in [0.15, 0.2) is 36.4 Å². The van der Waals surface area contributed by atoms with Crippen LogP contribution >= 0.6 is 11.6 Å². The van der Waals surface area contributed by atoms with Crippen LogP contribution in [0, 0.1) is 12.3 Å². The summed E-state index contributed by atoms with van der Waals surface area (Å²) in [5.74, 6) is 0.0832. The van der Waals surface area contributed by atoms with Gasteiger partial charge >= 0.3 is 0 Å². The zero-order chi connectivity index (χ0) is 20.2. The molecule has 144 valence electrons. The van der Waals surface area contributed by atoms with Gasteiger partial charge in [-0.15, -0.1) is 0 Å². The van der Waals surface area contributed by atoms with Gasteiger partial charge in [0.1, 0.15) is 16.9 Å². The molecule has 0 saturated carbocycles. The van der Waals surface area contributed by atoms with E-state index in [1.807, 2.05) is 6.92 Å². The number of ether oxygens (including phenoxy) is 2. The molecule has 0 radical (unpaired) electrons. The second-order valence-electron chi connectivity index (χ2n) is 6.56. The number of rotatable bonds is 6. The maximum Gasteiger partial charge on any atom is 0.239 e. The Kier molecular flexibility index (Phi) is 6.33. The zero-order valence-electron chi connectivity index (χ0n) is 16.0. The van der Waals surface area contributed by atoms with Crippen LogP contribution in [-0.4, -0.2) is 26.0 Å². The summed E-state index contributed by atoms with van der Waals surface area (Å²) in [5, 5.41) is 6.00. The van der Waals surface area contributed by atoms with Crippen molar-refractivity contribution >= 4 is 34.8 Å². The van der Waals surface area contributed by atoms with E-state index >= 15 is 0 Å². The topological polar surface area (TPSA) is 76.7 Å². The molecule has 0 fully saturated rings. The van der Waals surface area contributed by atoms with Crippen molar-refractivity contribution in [3.05, 3.63) is 47.0 Å². The van der Waals surface area contributed by atoms with Crippen molar-refractivity contribution in [2.45, 2.75) is 20.8 Å². The third kappa shape index (κ3) is 4.71. The Hall–Kier alpha value is -2.73. The van der Waals surface area contributed by atoms with Crippen molar-refractivity contribution in [1.82, 2.24) is 0 Å². The molecule has 0 bridgehead atoms. The van der Waals surface area contributed by atoms with Crippen LogP contribution in [0.25, 0.3) is 0 Å². The van der Waals surface area contributed by atoms with Crippen LogP contribution < -0.4 is 20.1 Å². The summed E-state index contributed by atoms with van der Waals surface area (Å²) in [6, 6.07) is 10.2. The lowest BCUT2D eigenvalue weighted by Crippen LogP contribution is -2.41. The van der Waals surface area contributed by atoms with Gasteiger partial charge in [-0.3, -0.25) is 9.59 Å². The minimum atomic E-state index is -1.34. The average molecular weight is 391 g/mol. The normalized spacial score (nSPS) is 10.9. The van der Waals surface area contributed by atoms with E-state index in [4.69, 9.17) is 21.1 Å². The fourth-order valence-electron chi connectivity index (χ4n) is 2.25. The van der Waals surface area contributed by atoms with E-state index in [1.165, 1.54) is 14.2 Å². The molecule has 2 aromatic rings. The number of amides is 2. The number of carbonyl (C=O) groups excluding carboxylic acids is 2. The molecule has 0 saturated heterocycles. The number of hydrogen-bond donors (Lipinski definition) is 2. The van der Waals surface area contributed by atoms with Crippen LogP contribution in [0.5, 0.6) is 11.5 Å². The Labute approximate surface area is 163 Å². The Morgan fingerprint density at radius 3 is 2.22 bits per heavy atom.